The van der Waals surface area contributed by atoms with Crippen LogP contribution in [0.4, 0.5) is 0 Å². The number of carboxylic acid groups (broad SMARTS) is 1. The van der Waals surface area contributed by atoms with Gasteiger partial charge in [0, 0.05) is 24.1 Å². The average Bonchev–Trinajstić information content (AvgIpc) is 2.37. The molecule has 0 saturated carbocycles. The highest BCUT2D eigenvalue weighted by atomic mass is 79.9. The molecule has 1 N–H and O–H groups in total. The zero-order chi connectivity index (χ0) is 13.0. The molecule has 18 heavy (non-hydrogen) atoms. The van der Waals surface area contributed by atoms with Crippen molar-refractivity contribution in [3.63, 3.8) is 0 Å². The summed E-state index contributed by atoms with van der Waals surface area (Å²) in [6.07, 6.45) is 0.200. The maximum Gasteiger partial charge on any atom is 0.304 e. The minimum Gasteiger partial charge on any atom is -0.481 e. The maximum absolute atomic E-state index is 10.6. The number of hydrogen-bond acceptors (Lipinski definition) is 3. The Kier molecular flexibility index (Phi) is 4.74. The van der Waals surface area contributed by atoms with Crippen LogP contribution in [0.25, 0.3) is 0 Å². The van der Waals surface area contributed by atoms with E-state index in [1.165, 1.54) is 0 Å². The standard InChI is InChI=1S/C13H16BrNO3/c14-11-4-2-1-3-10(11)12-9-15(7-8-18-12)6-5-13(16)17/h1-4,12H,5-9H2,(H,16,17)/t12-/m0/s1. The largest absolute Gasteiger partial charge is 0.481 e. The Morgan fingerprint density at radius 2 is 2.28 bits per heavy atom. The van der Waals surface area contributed by atoms with Crippen molar-refractivity contribution >= 4 is 21.9 Å². The molecule has 4 nitrogen and oxygen atoms in total. The maximum atomic E-state index is 10.6. The van der Waals surface area contributed by atoms with Gasteiger partial charge in [0.2, 0.25) is 0 Å². The van der Waals surface area contributed by atoms with E-state index in [0.29, 0.717) is 13.2 Å². The molecule has 98 valence electrons. The van der Waals surface area contributed by atoms with Crippen LogP contribution in [0.1, 0.15) is 18.1 Å². The quantitative estimate of drug-likeness (QED) is 0.926. The van der Waals surface area contributed by atoms with Gasteiger partial charge in [0.1, 0.15) is 0 Å². The first-order valence-electron chi connectivity index (χ1n) is 5.97. The molecule has 1 saturated heterocycles. The summed E-state index contributed by atoms with van der Waals surface area (Å²) in [5.41, 5.74) is 1.12. The first kappa shape index (κ1) is 13.5. The van der Waals surface area contributed by atoms with Gasteiger partial charge in [0.05, 0.1) is 19.1 Å². The fourth-order valence-corrected chi connectivity index (χ4v) is 2.62. The second-order valence-electron chi connectivity index (χ2n) is 4.33. The molecule has 5 heteroatoms. The van der Waals surface area contributed by atoms with Crippen LogP contribution in [0.3, 0.4) is 0 Å². The number of hydrogen-bond donors (Lipinski definition) is 1. The van der Waals surface area contributed by atoms with Crippen molar-refractivity contribution in [2.75, 3.05) is 26.2 Å². The van der Waals surface area contributed by atoms with Gasteiger partial charge in [0.25, 0.3) is 0 Å². The van der Waals surface area contributed by atoms with Crippen molar-refractivity contribution in [3.8, 4) is 0 Å². The Labute approximate surface area is 115 Å². The Bertz CT molecular complexity index is 424. The molecular formula is C13H16BrNO3. The fraction of sp³-hybridized carbons (Fsp3) is 0.462. The van der Waals surface area contributed by atoms with Crippen LogP contribution in [-0.2, 0) is 9.53 Å². The Balaban J connectivity index is 1.98. The van der Waals surface area contributed by atoms with E-state index in [9.17, 15) is 4.79 Å². The molecule has 1 aromatic carbocycles. The Hall–Kier alpha value is -0.910. The lowest BCUT2D eigenvalue weighted by molar-refractivity contribution is -0.137. The zero-order valence-electron chi connectivity index (χ0n) is 10.0. The average molecular weight is 314 g/mol. The summed E-state index contributed by atoms with van der Waals surface area (Å²) in [5, 5.41) is 8.71. The monoisotopic (exact) mass is 313 g/mol. The Morgan fingerprint density at radius 1 is 1.50 bits per heavy atom. The summed E-state index contributed by atoms with van der Waals surface area (Å²) >= 11 is 3.52. The van der Waals surface area contributed by atoms with Crippen LogP contribution in [0.15, 0.2) is 28.7 Å². The molecule has 0 spiro atoms. The van der Waals surface area contributed by atoms with E-state index in [2.05, 4.69) is 20.8 Å². The van der Waals surface area contributed by atoms with Crippen molar-refractivity contribution < 1.29 is 14.6 Å². The number of nitrogens with zero attached hydrogens (tertiary/aromatic N) is 1. The van der Waals surface area contributed by atoms with Crippen molar-refractivity contribution in [1.29, 1.82) is 0 Å². The van der Waals surface area contributed by atoms with Gasteiger partial charge < -0.3 is 9.84 Å². The summed E-state index contributed by atoms with van der Waals surface area (Å²) in [7, 11) is 0. The predicted octanol–water partition coefficient (Wildman–Crippen LogP) is 2.30. The van der Waals surface area contributed by atoms with Gasteiger partial charge in [-0.15, -0.1) is 0 Å². The lowest BCUT2D eigenvalue weighted by Crippen LogP contribution is -2.39. The third kappa shape index (κ3) is 3.54. The van der Waals surface area contributed by atoms with Gasteiger partial charge >= 0.3 is 5.97 Å². The summed E-state index contributed by atoms with van der Waals surface area (Å²) in [5.74, 6) is -0.751. The number of halogens is 1. The lowest BCUT2D eigenvalue weighted by Gasteiger charge is -2.33. The van der Waals surface area contributed by atoms with E-state index < -0.39 is 5.97 Å². The van der Waals surface area contributed by atoms with Crippen LogP contribution in [0, 0.1) is 0 Å². The number of morpholine rings is 1. The van der Waals surface area contributed by atoms with Crippen LogP contribution in [-0.4, -0.2) is 42.2 Å². The van der Waals surface area contributed by atoms with Crippen LogP contribution >= 0.6 is 15.9 Å². The van der Waals surface area contributed by atoms with E-state index in [4.69, 9.17) is 9.84 Å². The van der Waals surface area contributed by atoms with Crippen molar-refractivity contribution in [3.05, 3.63) is 34.3 Å². The van der Waals surface area contributed by atoms with Gasteiger partial charge in [0.15, 0.2) is 0 Å². The highest BCUT2D eigenvalue weighted by Gasteiger charge is 2.23. The van der Waals surface area contributed by atoms with E-state index in [0.717, 1.165) is 23.1 Å². The summed E-state index contributed by atoms with van der Waals surface area (Å²) < 4.78 is 6.80. The number of rotatable bonds is 4. The molecule has 1 heterocycles. The molecule has 0 unspecified atom stereocenters. The molecule has 1 fully saturated rings. The minimum absolute atomic E-state index is 0.0168. The molecule has 0 amide bonds. The lowest BCUT2D eigenvalue weighted by atomic mass is 10.1. The highest BCUT2D eigenvalue weighted by Crippen LogP contribution is 2.28. The Morgan fingerprint density at radius 3 is 3.00 bits per heavy atom. The summed E-state index contributed by atoms with van der Waals surface area (Å²) in [4.78, 5) is 12.7. The number of ether oxygens (including phenoxy) is 1. The van der Waals surface area contributed by atoms with Gasteiger partial charge in [-0.2, -0.15) is 0 Å². The molecule has 0 bridgehead atoms. The van der Waals surface area contributed by atoms with E-state index >= 15 is 0 Å². The SMILES string of the molecule is O=C(O)CCN1CCO[C@H](c2ccccc2Br)C1. The minimum atomic E-state index is -0.751. The van der Waals surface area contributed by atoms with Gasteiger partial charge in [-0.05, 0) is 11.6 Å². The molecule has 1 atom stereocenters. The number of aliphatic carboxylic acids is 1. The second-order valence-corrected chi connectivity index (χ2v) is 5.18. The summed E-state index contributed by atoms with van der Waals surface area (Å²) in [6, 6.07) is 7.99. The molecule has 0 aliphatic carbocycles. The molecule has 2 rings (SSSR count). The first-order valence-corrected chi connectivity index (χ1v) is 6.76. The highest BCUT2D eigenvalue weighted by molar-refractivity contribution is 9.10. The molecule has 1 aromatic rings. The first-order chi connectivity index (χ1) is 8.66. The summed E-state index contributed by atoms with van der Waals surface area (Å²) in [6.45, 7) is 2.77. The van der Waals surface area contributed by atoms with Crippen molar-refractivity contribution in [1.82, 2.24) is 4.90 Å². The van der Waals surface area contributed by atoms with Gasteiger partial charge in [-0.25, -0.2) is 0 Å². The number of carboxylic acids is 1. The molecule has 0 radical (unpaired) electrons. The van der Waals surface area contributed by atoms with Gasteiger partial charge in [-0.3, -0.25) is 9.69 Å². The smallest absolute Gasteiger partial charge is 0.304 e. The number of carbonyl (C=O) groups is 1. The third-order valence-corrected chi connectivity index (χ3v) is 3.77. The van der Waals surface area contributed by atoms with Crippen molar-refractivity contribution in [2.45, 2.75) is 12.5 Å². The molecule has 1 aliphatic rings. The van der Waals surface area contributed by atoms with Gasteiger partial charge in [-0.1, -0.05) is 34.1 Å². The van der Waals surface area contributed by atoms with Crippen LogP contribution in [0.2, 0.25) is 0 Å². The normalized spacial score (nSPS) is 20.8. The third-order valence-electron chi connectivity index (χ3n) is 3.04. The molecular weight excluding hydrogens is 298 g/mol. The van der Waals surface area contributed by atoms with E-state index in [1.807, 2.05) is 24.3 Å². The van der Waals surface area contributed by atoms with Crippen LogP contribution in [0.5, 0.6) is 0 Å². The van der Waals surface area contributed by atoms with E-state index in [1.54, 1.807) is 0 Å². The topological polar surface area (TPSA) is 49.8 Å². The van der Waals surface area contributed by atoms with E-state index in [-0.39, 0.29) is 12.5 Å². The number of benzene rings is 1. The van der Waals surface area contributed by atoms with Crippen LogP contribution < -0.4 is 0 Å². The zero-order valence-corrected chi connectivity index (χ0v) is 11.6. The second kappa shape index (κ2) is 6.31. The predicted molar refractivity (Wildman–Crippen MR) is 71.5 cm³/mol. The molecule has 0 aromatic heterocycles. The fourth-order valence-electron chi connectivity index (χ4n) is 2.08. The van der Waals surface area contributed by atoms with Crippen molar-refractivity contribution in [2.24, 2.45) is 0 Å². The molecule has 1 aliphatic heterocycles.